The second-order valence-corrected chi connectivity index (χ2v) is 9.78. The highest BCUT2D eigenvalue weighted by molar-refractivity contribution is 6.04. The van der Waals surface area contributed by atoms with Crippen molar-refractivity contribution in [1.29, 1.82) is 0 Å². The molecule has 0 aromatic heterocycles. The van der Waals surface area contributed by atoms with Gasteiger partial charge in [0.05, 0.1) is 19.8 Å². The number of aromatic hydroxyl groups is 1. The highest BCUT2D eigenvalue weighted by Crippen LogP contribution is 2.47. The molecular formula is C32H31NO6. The van der Waals surface area contributed by atoms with Gasteiger partial charge in [0.25, 0.3) is 0 Å². The van der Waals surface area contributed by atoms with E-state index in [1.54, 1.807) is 32.4 Å². The maximum Gasteiger partial charge on any atom is 0.337 e. The topological polar surface area (TPSA) is 94.1 Å². The molecule has 1 heterocycles. The number of hydrogen-bond donors (Lipinski definition) is 2. The minimum absolute atomic E-state index is 0.0509. The average Bonchev–Trinajstić information content (AvgIpc) is 2.95. The summed E-state index contributed by atoms with van der Waals surface area (Å²) in [6.45, 7) is 1.87. The van der Waals surface area contributed by atoms with Crippen molar-refractivity contribution in [2.45, 2.75) is 38.2 Å². The fourth-order valence-corrected chi connectivity index (χ4v) is 5.56. The number of ketones is 1. The molecule has 0 radical (unpaired) electrons. The summed E-state index contributed by atoms with van der Waals surface area (Å²) in [5.74, 6) is 0.152. The van der Waals surface area contributed by atoms with Crippen molar-refractivity contribution in [1.82, 2.24) is 5.32 Å². The van der Waals surface area contributed by atoms with Crippen LogP contribution in [0.15, 0.2) is 95.3 Å². The van der Waals surface area contributed by atoms with Gasteiger partial charge in [0, 0.05) is 35.2 Å². The Morgan fingerprint density at radius 3 is 2.54 bits per heavy atom. The molecule has 2 unspecified atom stereocenters. The molecule has 0 fully saturated rings. The molecule has 3 aromatic carbocycles. The van der Waals surface area contributed by atoms with Crippen LogP contribution in [0.25, 0.3) is 0 Å². The number of allylic oxidation sites excluding steroid dienone is 3. The number of hydrogen-bond acceptors (Lipinski definition) is 7. The number of ether oxygens (including phenoxy) is 3. The second kappa shape index (κ2) is 11.1. The number of methoxy groups -OCH3 is 2. The van der Waals surface area contributed by atoms with Gasteiger partial charge in [-0.3, -0.25) is 4.79 Å². The molecule has 0 spiro atoms. The highest BCUT2D eigenvalue weighted by atomic mass is 16.5. The third kappa shape index (κ3) is 5.25. The number of carbonyl (C=O) groups is 2. The fraction of sp³-hybridized carbons (Fsp3) is 0.250. The predicted octanol–water partition coefficient (Wildman–Crippen LogP) is 5.51. The van der Waals surface area contributed by atoms with Crippen LogP contribution >= 0.6 is 0 Å². The molecule has 2 aliphatic rings. The van der Waals surface area contributed by atoms with Crippen LogP contribution in [0.2, 0.25) is 0 Å². The molecule has 2 atom stereocenters. The lowest BCUT2D eigenvalue weighted by Crippen LogP contribution is -2.36. The van der Waals surface area contributed by atoms with Gasteiger partial charge >= 0.3 is 5.97 Å². The number of carbonyl (C=O) groups excluding carboxylic acids is 2. The van der Waals surface area contributed by atoms with Gasteiger partial charge in [-0.2, -0.15) is 0 Å². The molecule has 1 aliphatic carbocycles. The largest absolute Gasteiger partial charge is 0.508 e. The molecule has 3 aromatic rings. The van der Waals surface area contributed by atoms with E-state index < -0.39 is 11.9 Å². The van der Waals surface area contributed by atoms with Crippen molar-refractivity contribution in [2.24, 2.45) is 0 Å². The Morgan fingerprint density at radius 1 is 0.974 bits per heavy atom. The van der Waals surface area contributed by atoms with Crippen LogP contribution in [0, 0.1) is 0 Å². The molecular weight excluding hydrogens is 494 g/mol. The monoisotopic (exact) mass is 525 g/mol. The number of rotatable bonds is 7. The Labute approximate surface area is 227 Å². The van der Waals surface area contributed by atoms with Crippen molar-refractivity contribution in [3.8, 4) is 17.2 Å². The normalized spacial score (nSPS) is 18.8. The third-order valence-electron chi connectivity index (χ3n) is 7.33. The lowest BCUT2D eigenvalue weighted by Gasteiger charge is -2.37. The smallest absolute Gasteiger partial charge is 0.337 e. The van der Waals surface area contributed by atoms with Crippen LogP contribution in [0.4, 0.5) is 0 Å². The molecule has 200 valence electrons. The number of Topliss-reactive ketones (excluding diaryl/α,β-unsaturated/α-hetero) is 1. The van der Waals surface area contributed by atoms with Crippen LogP contribution in [0.3, 0.4) is 0 Å². The van der Waals surface area contributed by atoms with Crippen LogP contribution in [-0.4, -0.2) is 31.1 Å². The van der Waals surface area contributed by atoms with Gasteiger partial charge in [-0.1, -0.05) is 42.5 Å². The van der Waals surface area contributed by atoms with Crippen molar-refractivity contribution in [3.63, 3.8) is 0 Å². The number of esters is 1. The highest BCUT2D eigenvalue weighted by Gasteiger charge is 2.42. The minimum atomic E-state index is -0.669. The molecule has 0 amide bonds. The third-order valence-corrected chi connectivity index (χ3v) is 7.33. The van der Waals surface area contributed by atoms with Gasteiger partial charge in [0.1, 0.15) is 23.9 Å². The lowest BCUT2D eigenvalue weighted by atomic mass is 9.71. The summed E-state index contributed by atoms with van der Waals surface area (Å²) in [5.41, 5.74) is 4.69. The first-order chi connectivity index (χ1) is 18.9. The molecule has 0 saturated heterocycles. The Morgan fingerprint density at radius 2 is 1.77 bits per heavy atom. The summed E-state index contributed by atoms with van der Waals surface area (Å²) in [6.07, 6.45) is 0.863. The van der Waals surface area contributed by atoms with E-state index in [1.165, 1.54) is 0 Å². The molecule has 0 saturated carbocycles. The quantitative estimate of drug-likeness (QED) is 0.393. The van der Waals surface area contributed by atoms with E-state index in [4.69, 9.17) is 14.2 Å². The minimum Gasteiger partial charge on any atom is -0.508 e. The zero-order valence-electron chi connectivity index (χ0n) is 22.2. The number of phenols is 1. The molecule has 39 heavy (non-hydrogen) atoms. The van der Waals surface area contributed by atoms with E-state index >= 15 is 0 Å². The molecule has 5 rings (SSSR count). The van der Waals surface area contributed by atoms with Crippen molar-refractivity contribution < 1.29 is 28.9 Å². The maximum absolute atomic E-state index is 13.8. The zero-order valence-corrected chi connectivity index (χ0v) is 22.2. The SMILES string of the molecule is COc1cccc(COC(=O)C2=C(C)NC3=C(C(=O)CC(c4ccccc4OC)C3)C2c2cccc(O)c2)c1. The standard InChI is InChI=1S/C32H31NO6/c1-19-29(32(36)39-18-20-8-6-11-24(14-20)37-2)30(21-9-7-10-23(34)15-21)31-26(33-19)16-22(17-27(31)35)25-12-4-5-13-28(25)38-3/h4-15,22,30,33-34H,16-18H2,1-3H3. The Kier molecular flexibility index (Phi) is 7.41. The zero-order chi connectivity index (χ0) is 27.5. The van der Waals surface area contributed by atoms with Crippen LogP contribution in [0.5, 0.6) is 17.2 Å². The van der Waals surface area contributed by atoms with E-state index in [1.807, 2.05) is 61.5 Å². The van der Waals surface area contributed by atoms with E-state index in [9.17, 15) is 14.7 Å². The number of para-hydroxylation sites is 1. The Hall–Kier alpha value is -4.52. The molecule has 7 nitrogen and oxygen atoms in total. The molecule has 0 bridgehead atoms. The van der Waals surface area contributed by atoms with E-state index in [0.717, 1.165) is 22.6 Å². The van der Waals surface area contributed by atoms with Crippen molar-refractivity contribution >= 4 is 11.8 Å². The lowest BCUT2D eigenvalue weighted by molar-refractivity contribution is -0.140. The van der Waals surface area contributed by atoms with Crippen LogP contribution in [0.1, 0.15) is 48.3 Å². The molecule has 1 aliphatic heterocycles. The average molecular weight is 526 g/mol. The number of benzene rings is 3. The summed E-state index contributed by atoms with van der Waals surface area (Å²) in [7, 11) is 3.21. The fourth-order valence-electron chi connectivity index (χ4n) is 5.56. The summed E-state index contributed by atoms with van der Waals surface area (Å²) >= 11 is 0. The second-order valence-electron chi connectivity index (χ2n) is 9.78. The van der Waals surface area contributed by atoms with Gasteiger partial charge < -0.3 is 24.6 Å². The van der Waals surface area contributed by atoms with Gasteiger partial charge in [0.2, 0.25) is 0 Å². The first kappa shape index (κ1) is 26.1. The first-order valence-corrected chi connectivity index (χ1v) is 12.9. The summed E-state index contributed by atoms with van der Waals surface area (Å²) in [4.78, 5) is 27.4. The van der Waals surface area contributed by atoms with E-state index in [2.05, 4.69) is 5.32 Å². The number of nitrogens with one attached hydrogen (secondary N) is 1. The summed E-state index contributed by atoms with van der Waals surface area (Å²) < 4.78 is 16.6. The van der Waals surface area contributed by atoms with Crippen LogP contribution < -0.4 is 14.8 Å². The summed E-state index contributed by atoms with van der Waals surface area (Å²) in [5, 5.41) is 13.6. The van der Waals surface area contributed by atoms with Gasteiger partial charge in [-0.05, 0) is 60.4 Å². The van der Waals surface area contributed by atoms with Crippen molar-refractivity contribution in [3.05, 3.63) is 112 Å². The first-order valence-electron chi connectivity index (χ1n) is 12.9. The van der Waals surface area contributed by atoms with Gasteiger partial charge in [-0.15, -0.1) is 0 Å². The van der Waals surface area contributed by atoms with E-state index in [-0.39, 0.29) is 30.5 Å². The predicted molar refractivity (Wildman–Crippen MR) is 146 cm³/mol. The van der Waals surface area contributed by atoms with E-state index in [0.29, 0.717) is 34.6 Å². The number of phenolic OH excluding ortho intramolecular Hbond substituents is 1. The Balaban J connectivity index is 1.50. The maximum atomic E-state index is 13.8. The summed E-state index contributed by atoms with van der Waals surface area (Å²) in [6, 6.07) is 21.8. The van der Waals surface area contributed by atoms with Crippen molar-refractivity contribution in [2.75, 3.05) is 14.2 Å². The molecule has 7 heteroatoms. The number of dihydropyridines is 1. The molecule has 2 N–H and O–H groups in total. The van der Waals surface area contributed by atoms with Crippen LogP contribution in [-0.2, 0) is 20.9 Å². The van der Waals surface area contributed by atoms with Gasteiger partial charge in [0.15, 0.2) is 5.78 Å². The Bertz CT molecular complexity index is 1490. The van der Waals surface area contributed by atoms with Gasteiger partial charge in [-0.25, -0.2) is 4.79 Å².